The Kier molecular flexibility index (Phi) is 3.43. The van der Waals surface area contributed by atoms with E-state index in [1.807, 2.05) is 24.1 Å². The van der Waals surface area contributed by atoms with Crippen LogP contribution in [0.5, 0.6) is 0 Å². The lowest BCUT2D eigenvalue weighted by Crippen LogP contribution is -2.24. The summed E-state index contributed by atoms with van der Waals surface area (Å²) in [5.74, 6) is 0.842. The molecule has 0 radical (unpaired) electrons. The lowest BCUT2D eigenvalue weighted by atomic mass is 10.3. The van der Waals surface area contributed by atoms with Gasteiger partial charge in [-0.2, -0.15) is 0 Å². The molecule has 88 valence electrons. The lowest BCUT2D eigenvalue weighted by molar-refractivity contribution is 0.901. The highest BCUT2D eigenvalue weighted by molar-refractivity contribution is 7.80. The van der Waals surface area contributed by atoms with Crippen molar-refractivity contribution in [1.82, 2.24) is 15.0 Å². The van der Waals surface area contributed by atoms with E-state index < -0.39 is 0 Å². The zero-order valence-corrected chi connectivity index (χ0v) is 10.3. The summed E-state index contributed by atoms with van der Waals surface area (Å²) < 4.78 is 0. The third-order valence-electron chi connectivity index (χ3n) is 2.40. The molecule has 0 spiro atoms. The van der Waals surface area contributed by atoms with E-state index in [2.05, 4.69) is 15.0 Å². The fourth-order valence-electron chi connectivity index (χ4n) is 1.45. The molecule has 0 unspecified atom stereocenters. The summed E-state index contributed by atoms with van der Waals surface area (Å²) >= 11 is 4.85. The Morgan fingerprint density at radius 2 is 2.12 bits per heavy atom. The minimum atomic E-state index is 0.512. The van der Waals surface area contributed by atoms with Gasteiger partial charge in [0.25, 0.3) is 0 Å². The van der Waals surface area contributed by atoms with E-state index in [-0.39, 0.29) is 0 Å². The van der Waals surface area contributed by atoms with Crippen LogP contribution in [0.3, 0.4) is 0 Å². The van der Waals surface area contributed by atoms with Crippen LogP contribution >= 0.6 is 12.2 Å². The van der Waals surface area contributed by atoms with Crippen molar-refractivity contribution < 1.29 is 0 Å². The van der Waals surface area contributed by atoms with E-state index in [9.17, 15) is 0 Å². The topological polar surface area (TPSA) is 67.9 Å². The van der Waals surface area contributed by atoms with E-state index in [1.54, 1.807) is 12.4 Å². The highest BCUT2D eigenvalue weighted by Gasteiger charge is 2.05. The molecule has 0 aromatic carbocycles. The van der Waals surface area contributed by atoms with Crippen LogP contribution in [0.25, 0.3) is 11.2 Å². The molecule has 5 nitrogen and oxygen atoms in total. The van der Waals surface area contributed by atoms with Gasteiger partial charge in [-0.1, -0.05) is 12.2 Å². The number of nitrogens with zero attached hydrogens (tertiary/aromatic N) is 4. The summed E-state index contributed by atoms with van der Waals surface area (Å²) in [6.07, 6.45) is 3.96. The fourth-order valence-corrected chi connectivity index (χ4v) is 1.54. The number of hydrogen-bond donors (Lipinski definition) is 1. The Bertz CT molecular complexity index is 542. The van der Waals surface area contributed by atoms with Crippen molar-refractivity contribution in [3.8, 4) is 0 Å². The Labute approximate surface area is 105 Å². The summed E-state index contributed by atoms with van der Waals surface area (Å²) in [6.45, 7) is 0.744. The summed E-state index contributed by atoms with van der Waals surface area (Å²) in [6, 6.07) is 3.82. The zero-order valence-electron chi connectivity index (χ0n) is 9.50. The summed E-state index contributed by atoms with van der Waals surface area (Å²) in [5, 5.41) is 0. The molecule has 0 saturated carbocycles. The molecule has 17 heavy (non-hydrogen) atoms. The number of thiocarbonyl (C=S) groups is 1. The number of anilines is 1. The Hall–Kier alpha value is -1.82. The van der Waals surface area contributed by atoms with E-state index in [1.165, 1.54) is 0 Å². The fraction of sp³-hybridized carbons (Fsp3) is 0.273. The first-order valence-corrected chi connectivity index (χ1v) is 5.65. The second-order valence-electron chi connectivity index (χ2n) is 3.71. The molecular formula is C11H13N5S. The van der Waals surface area contributed by atoms with Gasteiger partial charge in [0, 0.05) is 32.4 Å². The normalized spacial score (nSPS) is 10.4. The molecule has 2 aromatic rings. The van der Waals surface area contributed by atoms with E-state index in [0.717, 1.165) is 17.9 Å². The van der Waals surface area contributed by atoms with Crippen molar-refractivity contribution in [3.63, 3.8) is 0 Å². The van der Waals surface area contributed by atoms with Gasteiger partial charge in [-0.15, -0.1) is 0 Å². The second-order valence-corrected chi connectivity index (χ2v) is 4.23. The number of fused-ring (bicyclic) bond motifs is 1. The molecule has 0 fully saturated rings. The van der Waals surface area contributed by atoms with Crippen LogP contribution in [-0.4, -0.2) is 33.5 Å². The van der Waals surface area contributed by atoms with Crippen LogP contribution < -0.4 is 10.6 Å². The maximum absolute atomic E-state index is 5.47. The highest BCUT2D eigenvalue weighted by atomic mass is 32.1. The van der Waals surface area contributed by atoms with Gasteiger partial charge >= 0.3 is 0 Å². The first-order valence-electron chi connectivity index (χ1n) is 5.24. The monoisotopic (exact) mass is 247 g/mol. The van der Waals surface area contributed by atoms with Crippen molar-refractivity contribution >= 4 is 34.2 Å². The van der Waals surface area contributed by atoms with E-state index >= 15 is 0 Å². The Balaban J connectivity index is 2.20. The smallest absolute Gasteiger partial charge is 0.180 e. The Morgan fingerprint density at radius 1 is 1.35 bits per heavy atom. The van der Waals surface area contributed by atoms with Gasteiger partial charge in [0.1, 0.15) is 11.3 Å². The van der Waals surface area contributed by atoms with Gasteiger partial charge in [0.2, 0.25) is 0 Å². The average Bonchev–Trinajstić information content (AvgIpc) is 2.35. The van der Waals surface area contributed by atoms with Gasteiger partial charge in [0.15, 0.2) is 5.65 Å². The molecule has 0 aliphatic rings. The molecule has 0 bridgehead atoms. The average molecular weight is 247 g/mol. The molecule has 0 aliphatic carbocycles. The summed E-state index contributed by atoms with van der Waals surface area (Å²) in [7, 11) is 1.95. The van der Waals surface area contributed by atoms with E-state index in [0.29, 0.717) is 17.1 Å². The molecule has 0 saturated heterocycles. The number of rotatable bonds is 4. The predicted octanol–water partition coefficient (Wildman–Crippen LogP) is 1.14. The van der Waals surface area contributed by atoms with Crippen LogP contribution in [0.15, 0.2) is 24.5 Å². The molecule has 0 amide bonds. The third-order valence-corrected chi connectivity index (χ3v) is 2.61. The van der Waals surface area contributed by atoms with Crippen LogP contribution in [0.4, 0.5) is 5.82 Å². The highest BCUT2D eigenvalue weighted by Crippen LogP contribution is 2.13. The number of hydrogen-bond acceptors (Lipinski definition) is 5. The van der Waals surface area contributed by atoms with Gasteiger partial charge in [0.05, 0.1) is 4.99 Å². The van der Waals surface area contributed by atoms with Crippen LogP contribution in [0.1, 0.15) is 6.42 Å². The van der Waals surface area contributed by atoms with Gasteiger partial charge in [-0.05, 0) is 12.1 Å². The van der Waals surface area contributed by atoms with Crippen LogP contribution in [-0.2, 0) is 0 Å². The molecule has 0 atom stereocenters. The first-order chi connectivity index (χ1) is 8.16. The molecule has 2 rings (SSSR count). The molecular weight excluding hydrogens is 234 g/mol. The standard InChI is InChI=1S/C11H13N5S/c1-16(7-4-9(12)17)10-3-2-8-11(15-10)14-6-5-13-8/h2-3,5-6H,4,7H2,1H3,(H2,12,17). The van der Waals surface area contributed by atoms with Crippen molar-refractivity contribution in [2.75, 3.05) is 18.5 Å². The third kappa shape index (κ3) is 2.85. The van der Waals surface area contributed by atoms with Crippen molar-refractivity contribution in [1.29, 1.82) is 0 Å². The first kappa shape index (κ1) is 11.7. The molecule has 6 heteroatoms. The van der Waals surface area contributed by atoms with Crippen molar-refractivity contribution in [3.05, 3.63) is 24.5 Å². The number of pyridine rings is 1. The quantitative estimate of drug-likeness (QED) is 0.817. The Morgan fingerprint density at radius 3 is 2.88 bits per heavy atom. The molecule has 2 N–H and O–H groups in total. The SMILES string of the molecule is CN(CCC(N)=S)c1ccc2nccnc2n1. The second kappa shape index (κ2) is 5.01. The molecule has 2 aromatic heterocycles. The van der Waals surface area contributed by atoms with Gasteiger partial charge in [-0.3, -0.25) is 4.98 Å². The minimum Gasteiger partial charge on any atom is -0.393 e. The lowest BCUT2D eigenvalue weighted by Gasteiger charge is -2.17. The largest absolute Gasteiger partial charge is 0.393 e. The van der Waals surface area contributed by atoms with Crippen molar-refractivity contribution in [2.24, 2.45) is 5.73 Å². The predicted molar refractivity (Wildman–Crippen MR) is 72.0 cm³/mol. The van der Waals surface area contributed by atoms with Crippen LogP contribution in [0, 0.1) is 0 Å². The number of aromatic nitrogens is 3. The zero-order chi connectivity index (χ0) is 12.3. The molecule has 0 aliphatic heterocycles. The molecule has 2 heterocycles. The maximum Gasteiger partial charge on any atom is 0.180 e. The van der Waals surface area contributed by atoms with E-state index in [4.69, 9.17) is 18.0 Å². The number of nitrogens with two attached hydrogens (primary N) is 1. The van der Waals surface area contributed by atoms with Gasteiger partial charge < -0.3 is 10.6 Å². The van der Waals surface area contributed by atoms with Crippen molar-refractivity contribution in [2.45, 2.75) is 6.42 Å². The summed E-state index contributed by atoms with van der Waals surface area (Å²) in [5.41, 5.74) is 6.91. The van der Waals surface area contributed by atoms with Gasteiger partial charge in [-0.25, -0.2) is 9.97 Å². The summed E-state index contributed by atoms with van der Waals surface area (Å²) in [4.78, 5) is 15.3. The van der Waals surface area contributed by atoms with Crippen LogP contribution in [0.2, 0.25) is 0 Å². The maximum atomic E-state index is 5.47. The minimum absolute atomic E-state index is 0.512.